The Balaban J connectivity index is -0.0000000800. The Morgan fingerprint density at radius 3 is 1.92 bits per heavy atom. The van der Waals surface area contributed by atoms with Crippen molar-refractivity contribution in [2.45, 2.75) is 20.3 Å². The standard InChI is InChI=1S/C8H11.3ClH.Ti/c1-3-8-5-4-7(2)6-8;;;;/h4-6H,3H2,1-2H3;3*1H;/q-1;;;;+4/p-3. The van der Waals surface area contributed by atoms with Gasteiger partial charge >= 0.3 is 21.7 Å². The molecule has 0 aromatic heterocycles. The summed E-state index contributed by atoms with van der Waals surface area (Å²) in [6.45, 7) is 4.30. The van der Waals surface area contributed by atoms with E-state index >= 15 is 0 Å². The van der Waals surface area contributed by atoms with Crippen molar-refractivity contribution in [3.8, 4) is 0 Å². The maximum absolute atomic E-state index is 2.22. The zero-order valence-electron chi connectivity index (χ0n) is 7.07. The summed E-state index contributed by atoms with van der Waals surface area (Å²) in [5.74, 6) is 0. The second kappa shape index (κ2) is 11.9. The van der Waals surface area contributed by atoms with Crippen molar-refractivity contribution in [3.05, 3.63) is 29.3 Å². The molecule has 0 saturated heterocycles. The fraction of sp³-hybridized carbons (Fsp3) is 0.375. The molecule has 0 N–H and O–H groups in total. The van der Waals surface area contributed by atoms with Gasteiger partial charge in [-0.15, -0.1) is 0 Å². The minimum atomic E-state index is 0. The van der Waals surface area contributed by atoms with Gasteiger partial charge in [0.25, 0.3) is 0 Å². The molecule has 0 atom stereocenters. The number of halogens is 3. The van der Waals surface area contributed by atoms with Gasteiger partial charge in [-0.25, -0.2) is 6.07 Å². The van der Waals surface area contributed by atoms with E-state index in [4.69, 9.17) is 0 Å². The van der Waals surface area contributed by atoms with Crippen LogP contribution in [0, 0.1) is 6.92 Å². The smallest absolute Gasteiger partial charge is 1.00 e. The molecule has 0 nitrogen and oxygen atoms in total. The second-order valence-corrected chi connectivity index (χ2v) is 2.15. The van der Waals surface area contributed by atoms with E-state index in [-0.39, 0.29) is 58.9 Å². The van der Waals surface area contributed by atoms with Crippen molar-refractivity contribution in [2.24, 2.45) is 0 Å². The average molecular weight is 261 g/mol. The zero-order valence-corrected chi connectivity index (χ0v) is 10.9. The van der Waals surface area contributed by atoms with Gasteiger partial charge in [0.1, 0.15) is 0 Å². The van der Waals surface area contributed by atoms with Crippen molar-refractivity contribution < 1.29 is 58.9 Å². The van der Waals surface area contributed by atoms with E-state index in [0.717, 1.165) is 6.42 Å². The molecule has 0 aliphatic rings. The maximum Gasteiger partial charge on any atom is 4.00 e. The first-order valence-electron chi connectivity index (χ1n) is 3.05. The van der Waals surface area contributed by atoms with E-state index in [2.05, 4.69) is 32.0 Å². The van der Waals surface area contributed by atoms with Gasteiger partial charge in [0.2, 0.25) is 0 Å². The predicted molar refractivity (Wildman–Crippen MR) is 36.1 cm³/mol. The number of rotatable bonds is 1. The quantitative estimate of drug-likeness (QED) is 0.348. The van der Waals surface area contributed by atoms with Crippen molar-refractivity contribution in [3.63, 3.8) is 0 Å². The molecule has 0 unspecified atom stereocenters. The molecular formula is C8H11Cl3Ti. The molecule has 0 radical (unpaired) electrons. The van der Waals surface area contributed by atoms with Crippen LogP contribution in [-0.2, 0) is 28.1 Å². The molecule has 4 heteroatoms. The summed E-state index contributed by atoms with van der Waals surface area (Å²) in [6, 6.07) is 6.55. The van der Waals surface area contributed by atoms with Gasteiger partial charge in [-0.1, -0.05) is 20.3 Å². The fourth-order valence-corrected chi connectivity index (χ4v) is 0.847. The monoisotopic (exact) mass is 260 g/mol. The molecule has 0 aliphatic carbocycles. The van der Waals surface area contributed by atoms with Crippen molar-refractivity contribution in [1.82, 2.24) is 0 Å². The topological polar surface area (TPSA) is 0 Å². The van der Waals surface area contributed by atoms with Crippen LogP contribution in [0.2, 0.25) is 0 Å². The van der Waals surface area contributed by atoms with Crippen molar-refractivity contribution in [2.75, 3.05) is 0 Å². The maximum atomic E-state index is 2.22. The number of hydrogen-bond donors (Lipinski definition) is 0. The summed E-state index contributed by atoms with van der Waals surface area (Å²) >= 11 is 0. The van der Waals surface area contributed by atoms with E-state index in [1.165, 1.54) is 11.1 Å². The Bertz CT molecular complexity index is 175. The minimum Gasteiger partial charge on any atom is -1.00 e. The molecule has 0 spiro atoms. The largest absolute Gasteiger partial charge is 4.00 e. The van der Waals surface area contributed by atoms with Crippen LogP contribution in [0.1, 0.15) is 18.1 Å². The molecule has 0 heterocycles. The summed E-state index contributed by atoms with van der Waals surface area (Å²) < 4.78 is 0. The first-order valence-corrected chi connectivity index (χ1v) is 3.05. The van der Waals surface area contributed by atoms with Crippen molar-refractivity contribution in [1.29, 1.82) is 0 Å². The SMILES string of the molecule is CCc1cc[c-](C)c1.[Cl-].[Cl-].[Cl-].[Ti+4]. The molecule has 0 aliphatic heterocycles. The molecule has 0 bridgehead atoms. The molecule has 68 valence electrons. The molecule has 12 heavy (non-hydrogen) atoms. The Hall–Kier alpha value is 0.934. The number of aryl methyl sites for hydroxylation is 2. The van der Waals surface area contributed by atoms with Crippen LogP contribution < -0.4 is 37.2 Å². The van der Waals surface area contributed by atoms with Gasteiger partial charge in [0.05, 0.1) is 0 Å². The Morgan fingerprint density at radius 1 is 1.25 bits per heavy atom. The summed E-state index contributed by atoms with van der Waals surface area (Å²) in [6.07, 6.45) is 1.16. The van der Waals surface area contributed by atoms with Gasteiger partial charge in [-0.2, -0.15) is 23.3 Å². The Morgan fingerprint density at radius 2 is 1.75 bits per heavy atom. The molecule has 1 rings (SSSR count). The third-order valence-electron chi connectivity index (χ3n) is 1.38. The van der Waals surface area contributed by atoms with Gasteiger partial charge in [-0.3, -0.25) is 0 Å². The Labute approximate surface area is 108 Å². The fourth-order valence-electron chi connectivity index (χ4n) is 0.847. The summed E-state index contributed by atoms with van der Waals surface area (Å²) in [4.78, 5) is 0. The second-order valence-electron chi connectivity index (χ2n) is 2.15. The molecule has 0 fully saturated rings. The zero-order chi connectivity index (χ0) is 5.98. The molecule has 1 aromatic carbocycles. The van der Waals surface area contributed by atoms with Crippen molar-refractivity contribution >= 4 is 0 Å². The molecule has 1 aromatic rings. The number of hydrogen-bond acceptors (Lipinski definition) is 0. The molecule has 0 amide bonds. The van der Waals surface area contributed by atoms with Crippen LogP contribution in [0.4, 0.5) is 0 Å². The third-order valence-corrected chi connectivity index (χ3v) is 1.38. The van der Waals surface area contributed by atoms with E-state index in [1.807, 2.05) is 0 Å². The van der Waals surface area contributed by atoms with Crippen LogP contribution in [0.5, 0.6) is 0 Å². The van der Waals surface area contributed by atoms with E-state index in [1.54, 1.807) is 0 Å². The average Bonchev–Trinajstić information content (AvgIpc) is 2.14. The van der Waals surface area contributed by atoms with Crippen LogP contribution in [0.25, 0.3) is 0 Å². The van der Waals surface area contributed by atoms with Crippen LogP contribution >= 0.6 is 0 Å². The van der Waals surface area contributed by atoms with Gasteiger partial charge in [-0.05, 0) is 0 Å². The summed E-state index contributed by atoms with van der Waals surface area (Å²) in [5, 5.41) is 0. The van der Waals surface area contributed by atoms with E-state index in [0.29, 0.717) is 0 Å². The minimum absolute atomic E-state index is 0. The molecular weight excluding hydrogens is 250 g/mol. The van der Waals surface area contributed by atoms with Gasteiger partial charge < -0.3 is 37.2 Å². The van der Waals surface area contributed by atoms with Gasteiger partial charge in [0.15, 0.2) is 0 Å². The predicted octanol–water partition coefficient (Wildman–Crippen LogP) is -6.71. The van der Waals surface area contributed by atoms with Crippen LogP contribution in [-0.4, -0.2) is 0 Å². The summed E-state index contributed by atoms with van der Waals surface area (Å²) in [7, 11) is 0. The van der Waals surface area contributed by atoms with Crippen LogP contribution in [0.3, 0.4) is 0 Å². The molecule has 0 saturated carbocycles. The van der Waals surface area contributed by atoms with Gasteiger partial charge in [0, 0.05) is 0 Å². The summed E-state index contributed by atoms with van der Waals surface area (Å²) in [5.41, 5.74) is 2.82. The first-order chi connectivity index (χ1) is 3.83. The first kappa shape index (κ1) is 23.1. The van der Waals surface area contributed by atoms with E-state index < -0.39 is 0 Å². The van der Waals surface area contributed by atoms with E-state index in [9.17, 15) is 0 Å². The normalized spacial score (nSPS) is 6.50. The third kappa shape index (κ3) is 7.58. The van der Waals surface area contributed by atoms with Crippen LogP contribution in [0.15, 0.2) is 18.2 Å². The Kier molecular flexibility index (Phi) is 23.0.